The Kier molecular flexibility index (Phi) is 11.2. The number of carbonyl (C=O) groups excluding carboxylic acids is 2. The van der Waals surface area contributed by atoms with Gasteiger partial charge >= 0.3 is 18.2 Å². The Labute approximate surface area is 284 Å². The van der Waals surface area contributed by atoms with E-state index in [1.807, 2.05) is 60.7 Å². The van der Waals surface area contributed by atoms with Crippen molar-refractivity contribution in [3.8, 4) is 0 Å². The molecule has 5 N–H and O–H groups in total. The number of urea groups is 1. The van der Waals surface area contributed by atoms with Gasteiger partial charge in [-0.3, -0.25) is 4.79 Å². The number of nitrogens with one attached hydrogen (secondary N) is 4. The summed E-state index contributed by atoms with van der Waals surface area (Å²) in [7, 11) is 0. The first-order chi connectivity index (χ1) is 23.4. The van der Waals surface area contributed by atoms with Gasteiger partial charge in [0.1, 0.15) is 5.02 Å². The highest BCUT2D eigenvalue weighted by Crippen LogP contribution is 2.30. The van der Waals surface area contributed by atoms with Crippen LogP contribution in [0.4, 0.5) is 52.5 Å². The van der Waals surface area contributed by atoms with Crippen molar-refractivity contribution in [2.24, 2.45) is 5.92 Å². The van der Waals surface area contributed by atoms with Crippen LogP contribution in [0, 0.1) is 5.92 Å². The molecule has 49 heavy (non-hydrogen) atoms. The van der Waals surface area contributed by atoms with Gasteiger partial charge < -0.3 is 31.3 Å². The third-order valence-corrected chi connectivity index (χ3v) is 8.08. The molecule has 4 aromatic rings. The summed E-state index contributed by atoms with van der Waals surface area (Å²) in [6, 6.07) is 23.3. The highest BCUT2D eigenvalue weighted by Gasteiger charge is 2.38. The van der Waals surface area contributed by atoms with E-state index >= 15 is 0 Å². The fraction of sp³-hybridized carbons (Fsp3) is 0.265. The molecule has 0 spiro atoms. The summed E-state index contributed by atoms with van der Waals surface area (Å²) in [6.07, 6.45) is 0.117. The van der Waals surface area contributed by atoms with E-state index in [0.29, 0.717) is 36.3 Å². The summed E-state index contributed by atoms with van der Waals surface area (Å²) in [6.45, 7) is 1.23. The molecule has 0 saturated carbocycles. The lowest BCUT2D eigenvalue weighted by Gasteiger charge is -2.32. The molecule has 1 aromatic heterocycles. The number of amides is 3. The molecule has 6 bridgehead atoms. The molecule has 6 rings (SSSR count). The first kappa shape index (κ1) is 35.0. The van der Waals surface area contributed by atoms with Gasteiger partial charge in [0.05, 0.1) is 6.20 Å². The van der Waals surface area contributed by atoms with Gasteiger partial charge in [-0.25, -0.2) is 14.6 Å². The topological polar surface area (TPSA) is 149 Å². The molecule has 0 aliphatic carbocycles. The molecule has 3 heterocycles. The number of alkyl halides is 3. The Hall–Kier alpha value is -5.37. The van der Waals surface area contributed by atoms with Crippen LogP contribution < -0.4 is 21.3 Å². The van der Waals surface area contributed by atoms with Gasteiger partial charge in [0, 0.05) is 42.3 Å². The van der Waals surface area contributed by atoms with E-state index < -0.39 is 12.1 Å². The van der Waals surface area contributed by atoms with Crippen molar-refractivity contribution in [1.82, 2.24) is 14.9 Å². The smallest absolute Gasteiger partial charge is 0.475 e. The fourth-order valence-corrected chi connectivity index (χ4v) is 5.61. The van der Waals surface area contributed by atoms with Crippen molar-refractivity contribution in [3.63, 3.8) is 0 Å². The number of benzene rings is 3. The van der Waals surface area contributed by atoms with E-state index in [4.69, 9.17) is 21.5 Å². The van der Waals surface area contributed by atoms with E-state index in [1.54, 1.807) is 11.1 Å². The van der Waals surface area contributed by atoms with Crippen LogP contribution in [0.15, 0.2) is 79.0 Å². The fourth-order valence-electron chi connectivity index (χ4n) is 5.47. The predicted molar refractivity (Wildman–Crippen MR) is 181 cm³/mol. The molecule has 256 valence electrons. The van der Waals surface area contributed by atoms with Crippen molar-refractivity contribution in [3.05, 3.63) is 95.1 Å². The largest absolute Gasteiger partial charge is 0.490 e. The second-order valence-electron chi connectivity index (χ2n) is 11.5. The number of aryl methyl sites for hydroxylation is 2. The van der Waals surface area contributed by atoms with Crippen LogP contribution in [0.1, 0.15) is 30.4 Å². The van der Waals surface area contributed by atoms with Crippen LogP contribution in [0.5, 0.6) is 0 Å². The second kappa shape index (κ2) is 15.7. The molecule has 2 aliphatic heterocycles. The number of carboxylic acid groups (broad SMARTS) is 1. The van der Waals surface area contributed by atoms with E-state index in [0.717, 1.165) is 59.6 Å². The number of fused-ring (bicyclic) bond motifs is 6. The molecule has 3 aromatic carbocycles. The number of hydrogen-bond acceptors (Lipinski definition) is 7. The number of likely N-dealkylation sites (tertiary alicyclic amines) is 1. The Morgan fingerprint density at radius 1 is 0.959 bits per heavy atom. The first-order valence-electron chi connectivity index (χ1n) is 15.4. The third kappa shape index (κ3) is 10.1. The minimum atomic E-state index is -5.08. The number of carbonyl (C=O) groups is 3. The van der Waals surface area contributed by atoms with Gasteiger partial charge in [-0.15, -0.1) is 0 Å². The van der Waals surface area contributed by atoms with Crippen molar-refractivity contribution >= 4 is 64.0 Å². The predicted octanol–water partition coefficient (Wildman–Crippen LogP) is 7.62. The number of hydrogen-bond donors (Lipinski definition) is 5. The van der Waals surface area contributed by atoms with E-state index in [2.05, 4.69) is 43.4 Å². The lowest BCUT2D eigenvalue weighted by atomic mass is 9.94. The molecule has 3 amide bonds. The van der Waals surface area contributed by atoms with Gasteiger partial charge in [0.2, 0.25) is 11.9 Å². The molecule has 1 atom stereocenters. The zero-order chi connectivity index (χ0) is 35.0. The van der Waals surface area contributed by atoms with E-state index in [1.165, 1.54) is 0 Å². The maximum Gasteiger partial charge on any atom is 0.490 e. The van der Waals surface area contributed by atoms with Crippen LogP contribution in [0.3, 0.4) is 0 Å². The summed E-state index contributed by atoms with van der Waals surface area (Å²) in [5, 5.41) is 20.2. The monoisotopic (exact) mass is 695 g/mol. The average Bonchev–Trinajstić information content (AvgIpc) is 3.07. The molecule has 0 unspecified atom stereocenters. The molecule has 1 fully saturated rings. The summed E-state index contributed by atoms with van der Waals surface area (Å²) in [5.41, 5.74) is 5.40. The Morgan fingerprint density at radius 2 is 1.71 bits per heavy atom. The summed E-state index contributed by atoms with van der Waals surface area (Å²) >= 11 is 6.40. The number of piperidine rings is 1. The van der Waals surface area contributed by atoms with Crippen LogP contribution in [0.25, 0.3) is 0 Å². The van der Waals surface area contributed by atoms with Crippen LogP contribution >= 0.6 is 11.6 Å². The molecule has 1 saturated heterocycles. The highest BCUT2D eigenvalue weighted by atomic mass is 35.5. The zero-order valence-corrected chi connectivity index (χ0v) is 26.8. The van der Waals surface area contributed by atoms with Crippen LogP contribution in [0.2, 0.25) is 5.02 Å². The number of nitrogens with zero attached hydrogens (tertiary/aromatic N) is 3. The minimum absolute atomic E-state index is 0.0557. The zero-order valence-electron chi connectivity index (χ0n) is 26.1. The highest BCUT2D eigenvalue weighted by molar-refractivity contribution is 6.32. The van der Waals surface area contributed by atoms with Gasteiger partial charge in [0.15, 0.2) is 5.82 Å². The van der Waals surface area contributed by atoms with Crippen molar-refractivity contribution in [2.75, 3.05) is 34.4 Å². The van der Waals surface area contributed by atoms with Crippen molar-refractivity contribution < 1.29 is 32.7 Å². The standard InChI is InChI=1S/C32H32ClN7O2.C2HF3O2/c33-27-19-34-31-36-25-10-4-6-21(16-25)11-12-23-18-26(35-30(27)39-31)13-14-28(23)38-29(41)17-22-7-5-15-40(20-22)32(42)37-24-8-2-1-3-9-24;3-2(4,5)1(6)7/h1-4,6,8-10,13-14,16,18-19,22H,5,7,11-12,15,17,20H2,(H,37,42)(H,38,41)(H2,34,35,36,39);(H,6,7)/t22-;/m0./s1. The van der Waals surface area contributed by atoms with Crippen LogP contribution in [-0.4, -0.2) is 57.1 Å². The van der Waals surface area contributed by atoms with Gasteiger partial charge in [-0.05, 0) is 85.2 Å². The van der Waals surface area contributed by atoms with E-state index in [-0.39, 0.29) is 17.9 Å². The molecule has 11 nitrogen and oxygen atoms in total. The molecule has 2 aliphatic rings. The SMILES string of the molecule is O=C(C[C@@H]1CCCN(C(=O)Nc2ccccc2)C1)Nc1ccc2cc1CCc1cccc(c1)Nc1ncc(Cl)c(n1)N2.O=C(O)C(F)(F)F. The van der Waals surface area contributed by atoms with Gasteiger partial charge in [-0.1, -0.05) is 41.9 Å². The number of aromatic nitrogens is 2. The lowest BCUT2D eigenvalue weighted by Crippen LogP contribution is -2.43. The maximum absolute atomic E-state index is 13.3. The Bertz CT molecular complexity index is 1810. The lowest BCUT2D eigenvalue weighted by molar-refractivity contribution is -0.192. The number of para-hydroxylation sites is 1. The average molecular weight is 696 g/mol. The minimum Gasteiger partial charge on any atom is -0.475 e. The summed E-state index contributed by atoms with van der Waals surface area (Å²) in [5.74, 6) is -1.78. The molecular formula is C34H33ClF3N7O4. The van der Waals surface area contributed by atoms with Crippen LogP contribution in [-0.2, 0) is 22.4 Å². The molecular weight excluding hydrogens is 663 g/mol. The van der Waals surface area contributed by atoms with Crippen molar-refractivity contribution in [1.29, 1.82) is 0 Å². The maximum atomic E-state index is 13.3. The number of halogens is 4. The summed E-state index contributed by atoms with van der Waals surface area (Å²) < 4.78 is 31.7. The Morgan fingerprint density at radius 3 is 2.47 bits per heavy atom. The number of rotatable bonds is 4. The normalized spacial score (nSPS) is 15.3. The number of aliphatic carboxylic acids is 1. The van der Waals surface area contributed by atoms with Crippen molar-refractivity contribution in [2.45, 2.75) is 38.3 Å². The van der Waals surface area contributed by atoms with Gasteiger partial charge in [0.25, 0.3) is 0 Å². The second-order valence-corrected chi connectivity index (χ2v) is 11.9. The Balaban J connectivity index is 0.000000606. The summed E-state index contributed by atoms with van der Waals surface area (Å²) in [4.78, 5) is 45.6. The first-order valence-corrected chi connectivity index (χ1v) is 15.8. The third-order valence-electron chi connectivity index (χ3n) is 7.80. The number of anilines is 6. The number of carboxylic acids is 1. The molecule has 15 heteroatoms. The van der Waals surface area contributed by atoms with E-state index in [9.17, 15) is 22.8 Å². The van der Waals surface area contributed by atoms with Gasteiger partial charge in [-0.2, -0.15) is 18.2 Å². The molecule has 0 radical (unpaired) electrons. The quantitative estimate of drug-likeness (QED) is 0.146.